The third-order valence-corrected chi connectivity index (χ3v) is 2.32. The van der Waals surface area contributed by atoms with Gasteiger partial charge in [-0.3, -0.25) is 0 Å². The number of hydrogen-bond donors (Lipinski definition) is 2. The molecule has 18 heavy (non-hydrogen) atoms. The van der Waals surface area contributed by atoms with Crippen molar-refractivity contribution in [2.75, 3.05) is 5.32 Å². The van der Waals surface area contributed by atoms with E-state index in [1.807, 2.05) is 0 Å². The summed E-state index contributed by atoms with van der Waals surface area (Å²) in [6, 6.07) is 7.51. The lowest BCUT2D eigenvalue weighted by Gasteiger charge is -2.06. The van der Waals surface area contributed by atoms with Crippen molar-refractivity contribution in [1.29, 1.82) is 0 Å². The van der Waals surface area contributed by atoms with Gasteiger partial charge >= 0.3 is 5.97 Å². The number of benzene rings is 1. The van der Waals surface area contributed by atoms with E-state index in [4.69, 9.17) is 5.11 Å². The number of aryl methyl sites for hydroxylation is 1. The van der Waals surface area contributed by atoms with Crippen LogP contribution in [-0.4, -0.2) is 16.1 Å². The summed E-state index contributed by atoms with van der Waals surface area (Å²) >= 11 is 0. The maximum absolute atomic E-state index is 13.2. The van der Waals surface area contributed by atoms with Gasteiger partial charge in [0.1, 0.15) is 11.6 Å². The van der Waals surface area contributed by atoms with E-state index < -0.39 is 5.97 Å². The zero-order valence-electron chi connectivity index (χ0n) is 9.64. The molecule has 5 heteroatoms. The first-order chi connectivity index (χ1) is 8.54. The van der Waals surface area contributed by atoms with Crippen LogP contribution in [-0.2, 0) is 0 Å². The van der Waals surface area contributed by atoms with Crippen LogP contribution in [0.5, 0.6) is 0 Å². The van der Waals surface area contributed by atoms with Crippen molar-refractivity contribution in [3.8, 4) is 0 Å². The fourth-order valence-corrected chi connectivity index (χ4v) is 1.55. The number of anilines is 2. The third-order valence-electron chi connectivity index (χ3n) is 2.32. The van der Waals surface area contributed by atoms with Gasteiger partial charge in [0.15, 0.2) is 0 Å². The second-order valence-electron chi connectivity index (χ2n) is 3.88. The zero-order valence-corrected chi connectivity index (χ0v) is 9.64. The van der Waals surface area contributed by atoms with Crippen molar-refractivity contribution in [2.24, 2.45) is 0 Å². The Morgan fingerprint density at radius 1 is 1.33 bits per heavy atom. The summed E-state index contributed by atoms with van der Waals surface area (Å²) in [4.78, 5) is 14.6. The normalized spacial score (nSPS) is 10.1. The number of nitrogens with one attached hydrogen (secondary N) is 1. The number of hydrogen-bond acceptors (Lipinski definition) is 3. The fourth-order valence-electron chi connectivity index (χ4n) is 1.55. The van der Waals surface area contributed by atoms with Gasteiger partial charge in [-0.2, -0.15) is 0 Å². The highest BCUT2D eigenvalue weighted by Gasteiger charge is 2.04. The monoisotopic (exact) mass is 246 g/mol. The van der Waals surface area contributed by atoms with Crippen molar-refractivity contribution >= 4 is 17.5 Å². The molecule has 1 aromatic heterocycles. The van der Waals surface area contributed by atoms with Crippen molar-refractivity contribution in [3.05, 3.63) is 53.5 Å². The first kappa shape index (κ1) is 12.0. The van der Waals surface area contributed by atoms with Crippen molar-refractivity contribution in [1.82, 2.24) is 4.98 Å². The smallest absolute Gasteiger partial charge is 0.337 e. The lowest BCUT2D eigenvalue weighted by molar-refractivity contribution is 0.0696. The molecule has 0 saturated heterocycles. The molecule has 0 unspecified atom stereocenters. The van der Waals surface area contributed by atoms with Gasteiger partial charge in [0.2, 0.25) is 0 Å². The number of halogens is 1. The van der Waals surface area contributed by atoms with E-state index in [1.165, 1.54) is 30.5 Å². The van der Waals surface area contributed by atoms with Crippen LogP contribution >= 0.6 is 0 Å². The number of rotatable bonds is 3. The van der Waals surface area contributed by atoms with Crippen LogP contribution in [0.25, 0.3) is 0 Å². The van der Waals surface area contributed by atoms with E-state index in [9.17, 15) is 9.18 Å². The van der Waals surface area contributed by atoms with Gasteiger partial charge in [0.05, 0.1) is 5.56 Å². The predicted molar refractivity (Wildman–Crippen MR) is 65.6 cm³/mol. The van der Waals surface area contributed by atoms with Crippen molar-refractivity contribution < 1.29 is 14.3 Å². The highest BCUT2D eigenvalue weighted by atomic mass is 19.1. The van der Waals surface area contributed by atoms with E-state index in [2.05, 4.69) is 10.3 Å². The Morgan fingerprint density at radius 3 is 2.67 bits per heavy atom. The Bertz CT molecular complexity index is 562. The number of carboxylic acids is 1. The van der Waals surface area contributed by atoms with Crippen LogP contribution in [0.2, 0.25) is 0 Å². The first-order valence-electron chi connectivity index (χ1n) is 5.28. The molecule has 0 aliphatic heterocycles. The lowest BCUT2D eigenvalue weighted by Crippen LogP contribution is -1.99. The average Bonchev–Trinajstić information content (AvgIpc) is 2.28. The molecule has 2 N–H and O–H groups in total. The molecule has 0 saturated carbocycles. The summed E-state index contributed by atoms with van der Waals surface area (Å²) in [5.41, 5.74) is 1.47. The van der Waals surface area contributed by atoms with Crippen LogP contribution in [0.1, 0.15) is 15.9 Å². The molecule has 92 valence electrons. The minimum Gasteiger partial charge on any atom is -0.478 e. The minimum absolute atomic E-state index is 0.107. The molecule has 0 atom stereocenters. The fraction of sp³-hybridized carbons (Fsp3) is 0.0769. The number of aromatic nitrogens is 1. The van der Waals surface area contributed by atoms with E-state index >= 15 is 0 Å². The minimum atomic E-state index is -1.03. The number of nitrogens with zero attached hydrogens (tertiary/aromatic N) is 1. The van der Waals surface area contributed by atoms with Crippen molar-refractivity contribution in [3.63, 3.8) is 0 Å². The van der Waals surface area contributed by atoms with Gasteiger partial charge in [-0.15, -0.1) is 0 Å². The molecule has 0 aliphatic rings. The van der Waals surface area contributed by atoms with Crippen LogP contribution in [0.4, 0.5) is 15.9 Å². The zero-order chi connectivity index (χ0) is 13.1. The van der Waals surface area contributed by atoms with Crippen LogP contribution in [0, 0.1) is 12.7 Å². The molecule has 0 amide bonds. The van der Waals surface area contributed by atoms with Gasteiger partial charge < -0.3 is 10.4 Å². The summed E-state index contributed by atoms with van der Waals surface area (Å²) in [7, 11) is 0. The Hall–Kier alpha value is -2.43. The topological polar surface area (TPSA) is 62.2 Å². The first-order valence-corrected chi connectivity index (χ1v) is 5.28. The molecule has 0 aliphatic carbocycles. The molecule has 0 bridgehead atoms. The number of carbonyl (C=O) groups is 1. The highest BCUT2D eigenvalue weighted by Crippen LogP contribution is 2.17. The lowest BCUT2D eigenvalue weighted by atomic mass is 10.2. The third kappa shape index (κ3) is 2.82. The van der Waals surface area contributed by atoms with E-state index in [1.54, 1.807) is 13.0 Å². The molecule has 2 aromatic rings. The highest BCUT2D eigenvalue weighted by molar-refractivity contribution is 5.87. The Labute approximate surface area is 103 Å². The van der Waals surface area contributed by atoms with E-state index in [-0.39, 0.29) is 11.4 Å². The van der Waals surface area contributed by atoms with Gasteiger partial charge in [-0.05, 0) is 42.8 Å². The SMILES string of the molecule is Cc1cc(F)cc(Nc2ccc(C(=O)O)cn2)c1. The Morgan fingerprint density at radius 2 is 2.11 bits per heavy atom. The average molecular weight is 246 g/mol. The molecule has 1 heterocycles. The van der Waals surface area contributed by atoms with Crippen LogP contribution < -0.4 is 5.32 Å². The summed E-state index contributed by atoms with van der Waals surface area (Å²) in [6.45, 7) is 1.79. The molecular formula is C13H11FN2O2. The number of pyridine rings is 1. The van der Waals surface area contributed by atoms with E-state index in [0.717, 1.165) is 5.56 Å². The van der Waals surface area contributed by atoms with Gasteiger partial charge in [-0.1, -0.05) is 0 Å². The standard InChI is InChI=1S/C13H11FN2O2/c1-8-4-10(14)6-11(5-8)16-12-3-2-9(7-15-12)13(17)18/h2-7H,1H3,(H,15,16)(H,17,18). The van der Waals surface area contributed by atoms with Gasteiger partial charge in [0, 0.05) is 11.9 Å². The van der Waals surface area contributed by atoms with Gasteiger partial charge in [0.25, 0.3) is 0 Å². The summed E-state index contributed by atoms with van der Waals surface area (Å²) in [6.07, 6.45) is 1.25. The second-order valence-corrected chi connectivity index (χ2v) is 3.88. The molecule has 2 rings (SSSR count). The maximum Gasteiger partial charge on any atom is 0.337 e. The maximum atomic E-state index is 13.2. The number of aromatic carboxylic acids is 1. The summed E-state index contributed by atoms with van der Waals surface area (Å²) in [5, 5.41) is 11.6. The largest absolute Gasteiger partial charge is 0.478 e. The Kier molecular flexibility index (Phi) is 3.23. The Balaban J connectivity index is 2.20. The van der Waals surface area contributed by atoms with Crippen LogP contribution in [0.15, 0.2) is 36.5 Å². The quantitative estimate of drug-likeness (QED) is 0.874. The van der Waals surface area contributed by atoms with Crippen LogP contribution in [0.3, 0.4) is 0 Å². The van der Waals surface area contributed by atoms with Crippen molar-refractivity contribution in [2.45, 2.75) is 6.92 Å². The van der Waals surface area contributed by atoms with Gasteiger partial charge in [-0.25, -0.2) is 14.2 Å². The summed E-state index contributed by atoms with van der Waals surface area (Å²) in [5.74, 6) is -0.902. The summed E-state index contributed by atoms with van der Waals surface area (Å²) < 4.78 is 13.2. The second kappa shape index (κ2) is 4.83. The molecule has 1 aromatic carbocycles. The van der Waals surface area contributed by atoms with E-state index in [0.29, 0.717) is 11.5 Å². The molecule has 0 radical (unpaired) electrons. The predicted octanol–water partition coefficient (Wildman–Crippen LogP) is 2.97. The molecular weight excluding hydrogens is 235 g/mol. The number of carboxylic acid groups (broad SMARTS) is 1. The molecule has 0 spiro atoms. The molecule has 0 fully saturated rings. The molecule has 4 nitrogen and oxygen atoms in total.